The van der Waals surface area contributed by atoms with Crippen LogP contribution in [-0.4, -0.2) is 30.7 Å². The lowest BCUT2D eigenvalue weighted by atomic mass is 10.1. The topological polar surface area (TPSA) is 90.1 Å². The first-order chi connectivity index (χ1) is 17.6. The molecule has 0 saturated heterocycles. The highest BCUT2D eigenvalue weighted by molar-refractivity contribution is 6.31. The van der Waals surface area contributed by atoms with Gasteiger partial charge in [-0.05, 0) is 57.5 Å². The van der Waals surface area contributed by atoms with Crippen molar-refractivity contribution in [3.63, 3.8) is 0 Å². The Morgan fingerprint density at radius 3 is 2.59 bits per heavy atom. The fraction of sp³-hybridized carbons (Fsp3) is 0.259. The largest absolute Gasteiger partial charge is 0.471 e. The third-order valence-electron chi connectivity index (χ3n) is 5.86. The number of aliphatic hydroxyl groups is 1. The van der Waals surface area contributed by atoms with Crippen molar-refractivity contribution in [2.24, 2.45) is 0 Å². The van der Waals surface area contributed by atoms with Crippen LogP contribution in [-0.2, 0) is 13.0 Å². The fourth-order valence-electron chi connectivity index (χ4n) is 3.87. The summed E-state index contributed by atoms with van der Waals surface area (Å²) in [5.41, 5.74) is 2.15. The van der Waals surface area contributed by atoms with Crippen LogP contribution in [0.4, 0.5) is 8.78 Å². The molecule has 1 N–H and O–H groups in total. The van der Waals surface area contributed by atoms with Gasteiger partial charge in [0.25, 0.3) is 5.56 Å². The summed E-state index contributed by atoms with van der Waals surface area (Å²) in [6.07, 6.45) is 1.35. The number of benzene rings is 2. The molecule has 10 heteroatoms. The van der Waals surface area contributed by atoms with Crippen LogP contribution in [0, 0.1) is 32.4 Å². The number of hydrogen-bond donors (Lipinski definition) is 1. The number of ether oxygens (including phenoxy) is 1. The number of rotatable bonds is 7. The molecule has 0 radical (unpaired) electrons. The minimum absolute atomic E-state index is 0.113. The highest BCUT2D eigenvalue weighted by Crippen LogP contribution is 2.26. The third-order valence-corrected chi connectivity index (χ3v) is 6.18. The first-order valence-electron chi connectivity index (χ1n) is 11.5. The molecule has 37 heavy (non-hydrogen) atoms. The van der Waals surface area contributed by atoms with Gasteiger partial charge in [-0.3, -0.25) is 9.36 Å². The Hall–Kier alpha value is -3.69. The summed E-state index contributed by atoms with van der Waals surface area (Å²) in [4.78, 5) is 26.4. The lowest BCUT2D eigenvalue weighted by Crippen LogP contribution is -2.24. The lowest BCUT2D eigenvalue weighted by Gasteiger charge is -2.16. The summed E-state index contributed by atoms with van der Waals surface area (Å²) < 4.78 is 34.9. The highest BCUT2D eigenvalue weighted by atomic mass is 35.5. The van der Waals surface area contributed by atoms with Gasteiger partial charge in [0.1, 0.15) is 29.9 Å². The molecule has 2 aromatic heterocycles. The van der Waals surface area contributed by atoms with Crippen molar-refractivity contribution in [1.82, 2.24) is 19.5 Å². The summed E-state index contributed by atoms with van der Waals surface area (Å²) >= 11 is 6.34. The molecular formula is C27H25ClF2N4O3. The molecule has 192 valence electrons. The van der Waals surface area contributed by atoms with Crippen molar-refractivity contribution in [2.45, 2.75) is 46.8 Å². The minimum atomic E-state index is -0.727. The maximum atomic E-state index is 14.4. The molecule has 2 heterocycles. The van der Waals surface area contributed by atoms with Crippen molar-refractivity contribution in [3.8, 4) is 22.8 Å². The molecular weight excluding hydrogens is 502 g/mol. The number of aliphatic hydroxyl groups excluding tert-OH is 1. The molecule has 0 saturated carbocycles. The predicted molar refractivity (Wildman–Crippen MR) is 136 cm³/mol. The van der Waals surface area contributed by atoms with Crippen LogP contribution in [0.25, 0.3) is 16.9 Å². The van der Waals surface area contributed by atoms with Crippen molar-refractivity contribution < 1.29 is 18.6 Å². The van der Waals surface area contributed by atoms with Crippen LogP contribution >= 0.6 is 11.6 Å². The van der Waals surface area contributed by atoms with Crippen LogP contribution in [0.5, 0.6) is 5.88 Å². The molecule has 0 aliphatic heterocycles. The lowest BCUT2D eigenvalue weighted by molar-refractivity contribution is 0.193. The van der Waals surface area contributed by atoms with Gasteiger partial charge in [-0.1, -0.05) is 23.7 Å². The number of halogens is 3. The Labute approximate surface area is 217 Å². The zero-order valence-electron chi connectivity index (χ0n) is 20.7. The van der Waals surface area contributed by atoms with Crippen LogP contribution in [0.15, 0.2) is 47.4 Å². The summed E-state index contributed by atoms with van der Waals surface area (Å²) in [6.45, 7) is 6.19. The maximum Gasteiger partial charge on any atom is 0.280 e. The van der Waals surface area contributed by atoms with Gasteiger partial charge in [-0.2, -0.15) is 4.98 Å². The van der Waals surface area contributed by atoms with Gasteiger partial charge in [-0.25, -0.2) is 18.7 Å². The number of aryl methyl sites for hydroxylation is 2. The first-order valence-corrected chi connectivity index (χ1v) is 11.9. The quantitative estimate of drug-likeness (QED) is 0.362. The van der Waals surface area contributed by atoms with E-state index in [-0.39, 0.29) is 28.6 Å². The van der Waals surface area contributed by atoms with E-state index in [9.17, 15) is 18.7 Å². The summed E-state index contributed by atoms with van der Waals surface area (Å²) in [6, 6.07) is 9.69. The SMILES string of the molecule is Cc1ccc(-c2ccnc(CC(C)O)n2)cc1-n1c(C)nc(OCc2ccc(F)c(C)c2F)c(Cl)c1=O. The molecule has 2 aromatic carbocycles. The van der Waals surface area contributed by atoms with Crippen molar-refractivity contribution in [1.29, 1.82) is 0 Å². The van der Waals surface area contributed by atoms with E-state index in [1.165, 1.54) is 17.6 Å². The summed E-state index contributed by atoms with van der Waals surface area (Å²) in [7, 11) is 0. The summed E-state index contributed by atoms with van der Waals surface area (Å²) in [5, 5.41) is 9.40. The second-order valence-corrected chi connectivity index (χ2v) is 9.14. The van der Waals surface area contributed by atoms with E-state index in [0.29, 0.717) is 29.5 Å². The van der Waals surface area contributed by atoms with Gasteiger partial charge in [0.15, 0.2) is 5.02 Å². The van der Waals surface area contributed by atoms with Gasteiger partial charge < -0.3 is 9.84 Å². The molecule has 4 aromatic rings. The van der Waals surface area contributed by atoms with E-state index >= 15 is 0 Å². The van der Waals surface area contributed by atoms with Gasteiger partial charge in [-0.15, -0.1) is 0 Å². The fourth-order valence-corrected chi connectivity index (χ4v) is 4.05. The van der Waals surface area contributed by atoms with E-state index in [2.05, 4.69) is 15.0 Å². The molecule has 7 nitrogen and oxygen atoms in total. The second-order valence-electron chi connectivity index (χ2n) is 8.77. The molecule has 0 amide bonds. The van der Waals surface area contributed by atoms with Gasteiger partial charge in [0.05, 0.1) is 17.5 Å². The highest BCUT2D eigenvalue weighted by Gasteiger charge is 2.19. The first kappa shape index (κ1) is 26.4. The smallest absolute Gasteiger partial charge is 0.280 e. The van der Waals surface area contributed by atoms with Crippen molar-refractivity contribution in [3.05, 3.63) is 97.9 Å². The standard InChI is InChI=1S/C27H25ClF2N4O3/c1-14-5-6-18(21-9-10-31-23(33-21)11-15(2)35)12-22(14)34-17(4)32-26(24(28)27(34)36)37-13-19-7-8-20(29)16(3)25(19)30/h5-10,12,15,35H,11,13H2,1-4H3. The third kappa shape index (κ3) is 5.52. The molecule has 1 unspecified atom stereocenters. The zero-order valence-corrected chi connectivity index (χ0v) is 21.5. The van der Waals surface area contributed by atoms with Gasteiger partial charge >= 0.3 is 0 Å². The molecule has 0 spiro atoms. The van der Waals surface area contributed by atoms with Gasteiger partial charge in [0, 0.05) is 29.3 Å². The number of hydrogen-bond acceptors (Lipinski definition) is 6. The molecule has 0 aliphatic carbocycles. The Morgan fingerprint density at radius 2 is 1.86 bits per heavy atom. The van der Waals surface area contributed by atoms with Crippen LogP contribution < -0.4 is 10.3 Å². The Bertz CT molecular complexity index is 1540. The molecule has 1 atom stereocenters. The molecule has 0 bridgehead atoms. The van der Waals surface area contributed by atoms with E-state index in [1.54, 1.807) is 32.2 Å². The van der Waals surface area contributed by atoms with E-state index in [1.807, 2.05) is 19.1 Å². The Balaban J connectivity index is 1.69. The summed E-state index contributed by atoms with van der Waals surface area (Å²) in [5.74, 6) is -0.724. The van der Waals surface area contributed by atoms with E-state index in [4.69, 9.17) is 16.3 Å². The monoisotopic (exact) mass is 526 g/mol. The zero-order chi connectivity index (χ0) is 26.9. The molecule has 0 aliphatic rings. The average Bonchev–Trinajstić information content (AvgIpc) is 2.86. The van der Waals surface area contributed by atoms with Crippen LogP contribution in [0.2, 0.25) is 5.02 Å². The Morgan fingerprint density at radius 1 is 1.11 bits per heavy atom. The maximum absolute atomic E-state index is 14.4. The molecule has 0 fully saturated rings. The normalized spacial score (nSPS) is 12.0. The predicted octanol–water partition coefficient (Wildman–Crippen LogP) is 5.05. The Kier molecular flexibility index (Phi) is 7.65. The second kappa shape index (κ2) is 10.7. The van der Waals surface area contributed by atoms with Gasteiger partial charge in [0.2, 0.25) is 5.88 Å². The number of nitrogens with zero attached hydrogens (tertiary/aromatic N) is 4. The van der Waals surface area contributed by atoms with Crippen LogP contribution in [0.1, 0.15) is 35.3 Å². The molecule has 4 rings (SSSR count). The van der Waals surface area contributed by atoms with Crippen molar-refractivity contribution >= 4 is 11.6 Å². The number of aromatic nitrogens is 4. The van der Waals surface area contributed by atoms with Crippen molar-refractivity contribution in [2.75, 3.05) is 0 Å². The average molecular weight is 527 g/mol. The minimum Gasteiger partial charge on any atom is -0.471 e. The van der Waals surface area contributed by atoms with E-state index < -0.39 is 23.3 Å². The van der Waals surface area contributed by atoms with Crippen LogP contribution in [0.3, 0.4) is 0 Å². The van der Waals surface area contributed by atoms with E-state index in [0.717, 1.165) is 17.2 Å².